The van der Waals surface area contributed by atoms with Crippen molar-refractivity contribution in [3.8, 4) is 11.1 Å². The van der Waals surface area contributed by atoms with E-state index in [4.69, 9.17) is 0 Å². The summed E-state index contributed by atoms with van der Waals surface area (Å²) in [5.74, 6) is -0.429. The molecule has 174 valence electrons. The third kappa shape index (κ3) is 5.34. The second-order valence-electron chi connectivity index (χ2n) is 8.62. The van der Waals surface area contributed by atoms with Gasteiger partial charge < -0.3 is 15.1 Å². The van der Waals surface area contributed by atoms with E-state index in [1.165, 1.54) is 0 Å². The number of piperazine rings is 1. The fourth-order valence-corrected chi connectivity index (χ4v) is 4.20. The van der Waals surface area contributed by atoms with Gasteiger partial charge in [-0.15, -0.1) is 0 Å². The molecule has 0 atom stereocenters. The molecule has 1 N–H and O–H groups in total. The van der Waals surface area contributed by atoms with Gasteiger partial charge in [0.05, 0.1) is 6.54 Å². The lowest BCUT2D eigenvalue weighted by atomic mass is 10.0. The molecule has 0 unspecified atom stereocenters. The Kier molecular flexibility index (Phi) is 7.07. The predicted molar refractivity (Wildman–Crippen MR) is 133 cm³/mol. The van der Waals surface area contributed by atoms with Gasteiger partial charge in [0.2, 0.25) is 5.91 Å². The topological polar surface area (TPSA) is 69.7 Å². The van der Waals surface area contributed by atoms with Crippen LogP contribution >= 0.6 is 0 Å². The molecule has 1 aliphatic rings. The molecule has 0 aliphatic carbocycles. The molecule has 1 saturated heterocycles. The molecule has 4 rings (SSSR count). The zero-order valence-corrected chi connectivity index (χ0v) is 19.6. The molecular weight excluding hydrogens is 426 g/mol. The van der Waals surface area contributed by atoms with Crippen LogP contribution in [-0.4, -0.2) is 60.2 Å². The Morgan fingerprint density at radius 1 is 0.765 bits per heavy atom. The molecule has 34 heavy (non-hydrogen) atoms. The van der Waals surface area contributed by atoms with E-state index < -0.39 is 0 Å². The lowest BCUT2D eigenvalue weighted by Crippen LogP contribution is -2.52. The molecule has 3 amide bonds. The van der Waals surface area contributed by atoms with Crippen LogP contribution in [0.2, 0.25) is 0 Å². The van der Waals surface area contributed by atoms with Crippen molar-refractivity contribution < 1.29 is 14.4 Å². The van der Waals surface area contributed by atoms with Gasteiger partial charge in [0.15, 0.2) is 0 Å². The summed E-state index contributed by atoms with van der Waals surface area (Å²) in [6.45, 7) is 5.75. The van der Waals surface area contributed by atoms with Crippen LogP contribution in [0.4, 0.5) is 0 Å². The molecule has 0 radical (unpaired) electrons. The molecule has 0 aromatic heterocycles. The number of nitrogens with zero attached hydrogens (tertiary/aromatic N) is 2. The summed E-state index contributed by atoms with van der Waals surface area (Å²) < 4.78 is 0. The first-order valence-electron chi connectivity index (χ1n) is 11.5. The van der Waals surface area contributed by atoms with Crippen molar-refractivity contribution in [1.82, 2.24) is 15.1 Å². The molecule has 6 heteroatoms. The zero-order chi connectivity index (χ0) is 24.1. The van der Waals surface area contributed by atoms with Crippen LogP contribution in [0.1, 0.15) is 31.8 Å². The molecule has 0 bridgehead atoms. The number of aryl methyl sites for hydroxylation is 2. The Bertz CT molecular complexity index is 1180. The molecular formula is C28H29N3O3. The van der Waals surface area contributed by atoms with E-state index in [1.54, 1.807) is 21.9 Å². The molecule has 1 aliphatic heterocycles. The van der Waals surface area contributed by atoms with Crippen LogP contribution in [0.25, 0.3) is 11.1 Å². The minimum absolute atomic E-state index is 0.00292. The Hall–Kier alpha value is -3.93. The first-order chi connectivity index (χ1) is 16.4. The van der Waals surface area contributed by atoms with Gasteiger partial charge in [-0.3, -0.25) is 14.4 Å². The van der Waals surface area contributed by atoms with E-state index in [9.17, 15) is 14.4 Å². The maximum atomic E-state index is 12.9. The van der Waals surface area contributed by atoms with Gasteiger partial charge in [-0.1, -0.05) is 60.2 Å². The summed E-state index contributed by atoms with van der Waals surface area (Å²) in [5.41, 5.74) is 5.41. The summed E-state index contributed by atoms with van der Waals surface area (Å²) in [6.07, 6.45) is 0. The van der Waals surface area contributed by atoms with Crippen LogP contribution < -0.4 is 5.32 Å². The van der Waals surface area contributed by atoms with Crippen LogP contribution in [-0.2, 0) is 4.79 Å². The summed E-state index contributed by atoms with van der Waals surface area (Å²) in [4.78, 5) is 41.5. The maximum absolute atomic E-state index is 12.9. The van der Waals surface area contributed by atoms with Crippen molar-refractivity contribution in [3.63, 3.8) is 0 Å². The fourth-order valence-electron chi connectivity index (χ4n) is 4.20. The highest BCUT2D eigenvalue weighted by Crippen LogP contribution is 2.19. The lowest BCUT2D eigenvalue weighted by molar-refractivity contribution is -0.131. The summed E-state index contributed by atoms with van der Waals surface area (Å²) >= 11 is 0. The van der Waals surface area contributed by atoms with Gasteiger partial charge in [0.25, 0.3) is 11.8 Å². The average molecular weight is 456 g/mol. The highest BCUT2D eigenvalue weighted by atomic mass is 16.2. The van der Waals surface area contributed by atoms with Gasteiger partial charge in [-0.25, -0.2) is 0 Å². The van der Waals surface area contributed by atoms with Crippen molar-refractivity contribution in [1.29, 1.82) is 0 Å². The number of carbonyl (C=O) groups is 3. The molecule has 1 heterocycles. The Labute approximate surface area is 200 Å². The molecule has 3 aromatic rings. The number of amides is 3. The fraction of sp³-hybridized carbons (Fsp3) is 0.250. The minimum Gasteiger partial charge on any atom is -0.343 e. The molecule has 1 fully saturated rings. The molecule has 0 saturated carbocycles. The second kappa shape index (κ2) is 10.3. The van der Waals surface area contributed by atoms with E-state index in [0.717, 1.165) is 22.3 Å². The summed E-state index contributed by atoms with van der Waals surface area (Å²) in [6, 6.07) is 23.1. The van der Waals surface area contributed by atoms with Gasteiger partial charge >= 0.3 is 0 Å². The zero-order valence-electron chi connectivity index (χ0n) is 19.6. The highest BCUT2D eigenvalue weighted by molar-refractivity contribution is 5.97. The van der Waals surface area contributed by atoms with Crippen LogP contribution in [0.3, 0.4) is 0 Å². The number of nitrogens with one attached hydrogen (secondary N) is 1. The van der Waals surface area contributed by atoms with E-state index >= 15 is 0 Å². The standard InChI is InChI=1S/C28H29N3O3/c1-20-8-13-25(21(2)18-20)28(34)31-16-14-30(15-17-31)26(32)19-29-27(33)24-11-9-23(10-12-24)22-6-4-3-5-7-22/h3-13,18H,14-17,19H2,1-2H3,(H,29,33). The number of rotatable bonds is 5. The summed E-state index contributed by atoms with van der Waals surface area (Å²) in [7, 11) is 0. The number of hydrogen-bond acceptors (Lipinski definition) is 3. The smallest absolute Gasteiger partial charge is 0.254 e. The van der Waals surface area contributed by atoms with Crippen molar-refractivity contribution in [2.45, 2.75) is 13.8 Å². The van der Waals surface area contributed by atoms with Crippen molar-refractivity contribution >= 4 is 17.7 Å². The SMILES string of the molecule is Cc1ccc(C(=O)N2CCN(C(=O)CNC(=O)c3ccc(-c4ccccc4)cc3)CC2)c(C)c1. The van der Waals surface area contributed by atoms with Crippen LogP contribution in [0.15, 0.2) is 72.8 Å². The van der Waals surface area contributed by atoms with Crippen molar-refractivity contribution in [3.05, 3.63) is 95.1 Å². The number of carbonyl (C=O) groups excluding carboxylic acids is 3. The Balaban J connectivity index is 1.26. The number of benzene rings is 3. The van der Waals surface area contributed by atoms with Crippen LogP contribution in [0, 0.1) is 13.8 Å². The normalized spacial score (nSPS) is 13.5. The van der Waals surface area contributed by atoms with Gasteiger partial charge in [-0.2, -0.15) is 0 Å². The third-order valence-corrected chi connectivity index (χ3v) is 6.19. The summed E-state index contributed by atoms with van der Waals surface area (Å²) in [5, 5.41) is 2.72. The van der Waals surface area contributed by atoms with Crippen LogP contribution in [0.5, 0.6) is 0 Å². The Morgan fingerprint density at radius 3 is 2.03 bits per heavy atom. The van der Waals surface area contributed by atoms with E-state index in [0.29, 0.717) is 37.3 Å². The molecule has 0 spiro atoms. The average Bonchev–Trinajstić information content (AvgIpc) is 2.87. The monoisotopic (exact) mass is 455 g/mol. The van der Waals surface area contributed by atoms with E-state index in [2.05, 4.69) is 5.32 Å². The van der Waals surface area contributed by atoms with Gasteiger partial charge in [0, 0.05) is 37.3 Å². The highest BCUT2D eigenvalue weighted by Gasteiger charge is 2.25. The van der Waals surface area contributed by atoms with E-state index in [-0.39, 0.29) is 24.3 Å². The number of hydrogen-bond donors (Lipinski definition) is 1. The predicted octanol–water partition coefficient (Wildman–Crippen LogP) is 3.68. The van der Waals surface area contributed by atoms with E-state index in [1.807, 2.05) is 74.5 Å². The lowest BCUT2D eigenvalue weighted by Gasteiger charge is -2.35. The second-order valence-corrected chi connectivity index (χ2v) is 8.62. The Morgan fingerprint density at radius 2 is 1.38 bits per heavy atom. The third-order valence-electron chi connectivity index (χ3n) is 6.19. The molecule has 3 aromatic carbocycles. The minimum atomic E-state index is -0.281. The maximum Gasteiger partial charge on any atom is 0.254 e. The largest absolute Gasteiger partial charge is 0.343 e. The quantitative estimate of drug-likeness (QED) is 0.638. The molecule has 6 nitrogen and oxygen atoms in total. The van der Waals surface area contributed by atoms with Crippen molar-refractivity contribution in [2.75, 3.05) is 32.7 Å². The van der Waals surface area contributed by atoms with Gasteiger partial charge in [0.1, 0.15) is 0 Å². The first kappa shape index (κ1) is 23.2. The van der Waals surface area contributed by atoms with Gasteiger partial charge in [-0.05, 0) is 48.7 Å². The van der Waals surface area contributed by atoms with Crippen molar-refractivity contribution in [2.24, 2.45) is 0 Å². The first-order valence-corrected chi connectivity index (χ1v) is 11.5.